The second kappa shape index (κ2) is 8.97. The van der Waals surface area contributed by atoms with Crippen molar-refractivity contribution >= 4 is 21.9 Å². The zero-order valence-corrected chi connectivity index (χ0v) is 17.3. The molecule has 0 unspecified atom stereocenters. The number of benzene rings is 2. The Bertz CT molecular complexity index is 1190. The minimum Gasteiger partial charge on any atom is -0.457 e. The molecular formula is C23H20FNO5S. The van der Waals surface area contributed by atoms with Gasteiger partial charge >= 0.3 is 0 Å². The highest BCUT2D eigenvalue weighted by Crippen LogP contribution is 2.23. The largest absolute Gasteiger partial charge is 0.457 e. The first-order valence-electron chi connectivity index (χ1n) is 9.70. The average Bonchev–Trinajstić information content (AvgIpc) is 3.28. The van der Waals surface area contributed by atoms with Gasteiger partial charge in [0.25, 0.3) is 0 Å². The fourth-order valence-corrected chi connectivity index (χ4v) is 4.60. The van der Waals surface area contributed by atoms with Crippen molar-refractivity contribution in [1.29, 1.82) is 0 Å². The Morgan fingerprint density at radius 2 is 1.61 bits per heavy atom. The number of carbonyl (C=O) groups excluding carboxylic acids is 1. The van der Waals surface area contributed by atoms with E-state index >= 15 is 0 Å². The predicted molar refractivity (Wildman–Crippen MR) is 113 cm³/mol. The molecule has 0 saturated carbocycles. The molecule has 0 N–H and O–H groups in total. The van der Waals surface area contributed by atoms with E-state index in [0.717, 1.165) is 5.56 Å². The third kappa shape index (κ3) is 4.82. The van der Waals surface area contributed by atoms with Crippen molar-refractivity contribution in [2.75, 3.05) is 26.3 Å². The van der Waals surface area contributed by atoms with E-state index < -0.39 is 10.0 Å². The molecule has 1 saturated heterocycles. The number of nitrogens with zero attached hydrogens (tertiary/aromatic N) is 1. The molecule has 3 aromatic rings. The molecule has 31 heavy (non-hydrogen) atoms. The maximum atomic E-state index is 13.0. The number of hydrogen-bond donors (Lipinski definition) is 0. The van der Waals surface area contributed by atoms with Crippen molar-refractivity contribution in [3.05, 3.63) is 83.9 Å². The summed E-state index contributed by atoms with van der Waals surface area (Å²) in [6.45, 7) is 1.37. The molecule has 4 rings (SSSR count). The molecule has 0 radical (unpaired) electrons. The highest BCUT2D eigenvalue weighted by Gasteiger charge is 2.26. The van der Waals surface area contributed by atoms with Crippen molar-refractivity contribution in [2.45, 2.75) is 4.90 Å². The predicted octanol–water partition coefficient (Wildman–Crippen LogP) is 4.00. The Morgan fingerprint density at radius 3 is 2.29 bits per heavy atom. The first-order valence-corrected chi connectivity index (χ1v) is 11.1. The maximum absolute atomic E-state index is 13.0. The lowest BCUT2D eigenvalue weighted by molar-refractivity contribution is 0.0730. The van der Waals surface area contributed by atoms with Crippen LogP contribution >= 0.6 is 0 Å². The molecule has 2 aromatic carbocycles. The SMILES string of the molecule is O=C(/C=C/c1ccc(-c2ccc(F)cc2)o1)c1ccc(S(=O)(=O)N2CCOCC2)cc1. The van der Waals surface area contributed by atoms with Crippen LogP contribution in [0, 0.1) is 5.82 Å². The molecule has 1 fully saturated rings. The summed E-state index contributed by atoms with van der Waals surface area (Å²) in [5.74, 6) is 0.420. The maximum Gasteiger partial charge on any atom is 0.243 e. The van der Waals surface area contributed by atoms with Crippen molar-refractivity contribution in [3.63, 3.8) is 0 Å². The van der Waals surface area contributed by atoms with Gasteiger partial charge in [-0.25, -0.2) is 12.8 Å². The van der Waals surface area contributed by atoms with Crippen LogP contribution in [0.25, 0.3) is 17.4 Å². The van der Waals surface area contributed by atoms with E-state index in [-0.39, 0.29) is 16.5 Å². The fourth-order valence-electron chi connectivity index (χ4n) is 3.19. The fraction of sp³-hybridized carbons (Fsp3) is 0.174. The van der Waals surface area contributed by atoms with Gasteiger partial charge in [0.1, 0.15) is 17.3 Å². The number of sulfonamides is 1. The summed E-state index contributed by atoms with van der Waals surface area (Å²) in [5, 5.41) is 0. The minimum atomic E-state index is -3.60. The molecule has 8 heteroatoms. The van der Waals surface area contributed by atoms with E-state index in [1.165, 1.54) is 52.9 Å². The highest BCUT2D eigenvalue weighted by atomic mass is 32.2. The normalized spacial score (nSPS) is 15.4. The summed E-state index contributed by atoms with van der Waals surface area (Å²) in [4.78, 5) is 12.6. The summed E-state index contributed by atoms with van der Waals surface area (Å²) < 4.78 is 50.6. The van der Waals surface area contributed by atoms with E-state index in [2.05, 4.69) is 0 Å². The van der Waals surface area contributed by atoms with Crippen LogP contribution in [0.4, 0.5) is 4.39 Å². The third-order valence-corrected chi connectivity index (χ3v) is 6.81. The molecule has 0 aliphatic carbocycles. The van der Waals surface area contributed by atoms with Crippen LogP contribution in [0.1, 0.15) is 16.1 Å². The number of halogens is 1. The number of carbonyl (C=O) groups is 1. The number of ketones is 1. The lowest BCUT2D eigenvalue weighted by atomic mass is 10.1. The molecule has 1 aromatic heterocycles. The van der Waals surface area contributed by atoms with Crippen molar-refractivity contribution in [1.82, 2.24) is 4.31 Å². The summed E-state index contributed by atoms with van der Waals surface area (Å²) in [6.07, 6.45) is 2.90. The van der Waals surface area contributed by atoms with Gasteiger partial charge in [0, 0.05) is 24.2 Å². The van der Waals surface area contributed by atoms with Crippen molar-refractivity contribution in [3.8, 4) is 11.3 Å². The number of furan rings is 1. The summed E-state index contributed by atoms with van der Waals surface area (Å²) in [7, 11) is -3.60. The van der Waals surface area contributed by atoms with Gasteiger partial charge in [-0.2, -0.15) is 4.31 Å². The molecule has 160 valence electrons. The Kier molecular flexibility index (Phi) is 6.13. The van der Waals surface area contributed by atoms with E-state index in [1.54, 1.807) is 24.3 Å². The lowest BCUT2D eigenvalue weighted by Crippen LogP contribution is -2.40. The van der Waals surface area contributed by atoms with Crippen LogP contribution in [-0.4, -0.2) is 44.8 Å². The van der Waals surface area contributed by atoms with Gasteiger partial charge in [-0.05, 0) is 72.8 Å². The zero-order valence-electron chi connectivity index (χ0n) is 16.5. The number of hydrogen-bond acceptors (Lipinski definition) is 5. The Balaban J connectivity index is 1.44. The van der Waals surface area contributed by atoms with E-state index in [0.29, 0.717) is 43.4 Å². The van der Waals surface area contributed by atoms with Crippen LogP contribution in [0.5, 0.6) is 0 Å². The molecule has 0 bridgehead atoms. The van der Waals surface area contributed by atoms with Gasteiger partial charge in [-0.1, -0.05) is 0 Å². The first kappa shape index (κ1) is 21.2. The molecule has 0 atom stereocenters. The number of ether oxygens (including phenoxy) is 1. The second-order valence-corrected chi connectivity index (χ2v) is 8.89. The minimum absolute atomic E-state index is 0.143. The molecule has 0 spiro atoms. The van der Waals surface area contributed by atoms with Gasteiger partial charge in [-0.3, -0.25) is 4.79 Å². The summed E-state index contributed by atoms with van der Waals surface area (Å²) in [6, 6.07) is 15.2. The number of rotatable bonds is 6. The van der Waals surface area contributed by atoms with Crippen molar-refractivity contribution in [2.24, 2.45) is 0 Å². The topological polar surface area (TPSA) is 76.8 Å². The molecular weight excluding hydrogens is 421 g/mol. The van der Waals surface area contributed by atoms with Crippen LogP contribution in [0.2, 0.25) is 0 Å². The highest BCUT2D eigenvalue weighted by molar-refractivity contribution is 7.89. The van der Waals surface area contributed by atoms with Gasteiger partial charge in [0.05, 0.1) is 18.1 Å². The Hall–Kier alpha value is -3.07. The van der Waals surface area contributed by atoms with E-state index in [1.807, 2.05) is 0 Å². The number of allylic oxidation sites excluding steroid dienone is 1. The van der Waals surface area contributed by atoms with Crippen LogP contribution < -0.4 is 0 Å². The monoisotopic (exact) mass is 441 g/mol. The van der Waals surface area contributed by atoms with Crippen LogP contribution in [0.15, 0.2) is 76.1 Å². The Morgan fingerprint density at radius 1 is 0.935 bits per heavy atom. The van der Waals surface area contributed by atoms with Gasteiger partial charge in [-0.15, -0.1) is 0 Å². The Labute approximate surface area is 179 Å². The van der Waals surface area contributed by atoms with E-state index in [4.69, 9.17) is 9.15 Å². The first-order chi connectivity index (χ1) is 14.9. The van der Waals surface area contributed by atoms with Gasteiger partial charge in [0.15, 0.2) is 5.78 Å². The standard InChI is InChI=1S/C23H20FNO5S/c24-19-5-1-18(2-6-19)23-12-8-20(30-23)7-11-22(26)17-3-9-21(10-4-17)31(27,28)25-13-15-29-16-14-25/h1-12H,13-16H2/b11-7+. The van der Waals surface area contributed by atoms with Crippen molar-refractivity contribution < 1.29 is 26.8 Å². The molecule has 2 heterocycles. The van der Waals surface area contributed by atoms with E-state index in [9.17, 15) is 17.6 Å². The summed E-state index contributed by atoms with van der Waals surface area (Å²) >= 11 is 0. The average molecular weight is 441 g/mol. The lowest BCUT2D eigenvalue weighted by Gasteiger charge is -2.26. The van der Waals surface area contributed by atoms with Gasteiger partial charge < -0.3 is 9.15 Å². The molecule has 1 aliphatic rings. The van der Waals surface area contributed by atoms with Crippen LogP contribution in [0.3, 0.4) is 0 Å². The quantitative estimate of drug-likeness (QED) is 0.427. The number of morpholine rings is 1. The molecule has 0 amide bonds. The van der Waals surface area contributed by atoms with Gasteiger partial charge in [0.2, 0.25) is 10.0 Å². The molecule has 1 aliphatic heterocycles. The zero-order chi connectivity index (χ0) is 21.8. The van der Waals surface area contributed by atoms with Crippen LogP contribution in [-0.2, 0) is 14.8 Å². The third-order valence-electron chi connectivity index (χ3n) is 4.90. The smallest absolute Gasteiger partial charge is 0.243 e. The second-order valence-electron chi connectivity index (χ2n) is 6.95. The molecule has 6 nitrogen and oxygen atoms in total. The summed E-state index contributed by atoms with van der Waals surface area (Å²) in [5.41, 5.74) is 1.09.